The van der Waals surface area contributed by atoms with Gasteiger partial charge >= 0.3 is 0 Å². The van der Waals surface area contributed by atoms with E-state index in [9.17, 15) is 0 Å². The molecule has 1 aromatic heterocycles. The maximum absolute atomic E-state index is 8.90. The summed E-state index contributed by atoms with van der Waals surface area (Å²) in [6, 6.07) is 0. The highest BCUT2D eigenvalue weighted by Crippen LogP contribution is 1.96. The third-order valence-electron chi connectivity index (χ3n) is 1.14. The Balaban J connectivity index is 2.39. The van der Waals surface area contributed by atoms with Crippen LogP contribution in [-0.2, 0) is 0 Å². The van der Waals surface area contributed by atoms with Gasteiger partial charge in [-0.05, 0) is 6.92 Å². The fourth-order valence-corrected chi connectivity index (χ4v) is 0.643. The van der Waals surface area contributed by atoms with Crippen LogP contribution in [0.1, 0.15) is 6.92 Å². The number of hydrogen-bond donors (Lipinski definition) is 2. The lowest BCUT2D eigenvalue weighted by molar-refractivity contribution is 0.208. The summed E-state index contributed by atoms with van der Waals surface area (Å²) in [4.78, 5) is 7.82. The SMILES string of the molecule is C[C@@H](O)CNc1cnccn1. The molecule has 0 radical (unpaired) electrons. The zero-order valence-electron chi connectivity index (χ0n) is 6.36. The van der Waals surface area contributed by atoms with E-state index in [4.69, 9.17) is 5.11 Å². The quantitative estimate of drug-likeness (QED) is 0.654. The Morgan fingerprint density at radius 2 is 2.45 bits per heavy atom. The van der Waals surface area contributed by atoms with Crippen molar-refractivity contribution in [1.82, 2.24) is 9.97 Å². The molecule has 0 saturated heterocycles. The van der Waals surface area contributed by atoms with Crippen LogP contribution in [0.25, 0.3) is 0 Å². The average Bonchev–Trinajstić information content (AvgIpc) is 2.03. The van der Waals surface area contributed by atoms with E-state index in [1.807, 2.05) is 0 Å². The van der Waals surface area contributed by atoms with Gasteiger partial charge < -0.3 is 10.4 Å². The van der Waals surface area contributed by atoms with Crippen molar-refractivity contribution in [2.45, 2.75) is 13.0 Å². The predicted molar refractivity (Wildman–Crippen MR) is 42.2 cm³/mol. The molecule has 60 valence electrons. The first-order valence-corrected chi connectivity index (χ1v) is 3.47. The third kappa shape index (κ3) is 2.95. The molecule has 1 rings (SSSR count). The molecule has 0 fully saturated rings. The van der Waals surface area contributed by atoms with Crippen molar-refractivity contribution in [2.24, 2.45) is 0 Å². The largest absolute Gasteiger partial charge is 0.392 e. The minimum absolute atomic E-state index is 0.364. The van der Waals surface area contributed by atoms with Gasteiger partial charge in [0.05, 0.1) is 12.3 Å². The normalized spacial score (nSPS) is 12.5. The lowest BCUT2D eigenvalue weighted by Crippen LogP contribution is -2.15. The van der Waals surface area contributed by atoms with E-state index < -0.39 is 0 Å². The topological polar surface area (TPSA) is 58.0 Å². The highest BCUT2D eigenvalue weighted by molar-refractivity contribution is 5.29. The van der Waals surface area contributed by atoms with Crippen molar-refractivity contribution in [3.8, 4) is 0 Å². The molecule has 0 amide bonds. The molecule has 0 bridgehead atoms. The summed E-state index contributed by atoms with van der Waals surface area (Å²) in [6.07, 6.45) is 4.46. The number of aromatic nitrogens is 2. The molecule has 0 aliphatic rings. The maximum atomic E-state index is 8.90. The number of aliphatic hydroxyl groups is 1. The molecule has 4 heteroatoms. The zero-order valence-corrected chi connectivity index (χ0v) is 6.36. The van der Waals surface area contributed by atoms with Crippen LogP contribution >= 0.6 is 0 Å². The van der Waals surface area contributed by atoms with Crippen LogP contribution in [0.5, 0.6) is 0 Å². The summed E-state index contributed by atoms with van der Waals surface area (Å²) in [5, 5.41) is 11.8. The van der Waals surface area contributed by atoms with Crippen molar-refractivity contribution in [1.29, 1.82) is 0 Å². The van der Waals surface area contributed by atoms with Gasteiger partial charge in [-0.1, -0.05) is 0 Å². The Labute approximate surface area is 65.3 Å². The number of anilines is 1. The first-order valence-electron chi connectivity index (χ1n) is 3.47. The summed E-state index contributed by atoms with van der Waals surface area (Å²) in [6.45, 7) is 2.21. The molecule has 0 aliphatic carbocycles. The van der Waals surface area contributed by atoms with E-state index in [1.54, 1.807) is 25.5 Å². The monoisotopic (exact) mass is 153 g/mol. The van der Waals surface area contributed by atoms with Crippen LogP contribution in [-0.4, -0.2) is 27.7 Å². The molecule has 0 aromatic carbocycles. The number of rotatable bonds is 3. The van der Waals surface area contributed by atoms with Gasteiger partial charge in [-0.2, -0.15) is 0 Å². The van der Waals surface area contributed by atoms with Gasteiger partial charge in [0.1, 0.15) is 5.82 Å². The fourth-order valence-electron chi connectivity index (χ4n) is 0.643. The minimum Gasteiger partial charge on any atom is -0.392 e. The Bertz CT molecular complexity index is 200. The summed E-state index contributed by atoms with van der Waals surface area (Å²) in [5.41, 5.74) is 0. The van der Waals surface area contributed by atoms with Gasteiger partial charge in [0, 0.05) is 18.9 Å². The summed E-state index contributed by atoms with van der Waals surface area (Å²) < 4.78 is 0. The molecule has 1 aromatic rings. The molecular weight excluding hydrogens is 142 g/mol. The van der Waals surface area contributed by atoms with E-state index in [0.717, 1.165) is 0 Å². The highest BCUT2D eigenvalue weighted by atomic mass is 16.3. The molecule has 0 aliphatic heterocycles. The van der Waals surface area contributed by atoms with Gasteiger partial charge in [-0.15, -0.1) is 0 Å². The molecule has 0 spiro atoms. The van der Waals surface area contributed by atoms with E-state index in [1.165, 1.54) is 0 Å². The smallest absolute Gasteiger partial charge is 0.144 e. The van der Waals surface area contributed by atoms with Crippen molar-refractivity contribution in [2.75, 3.05) is 11.9 Å². The van der Waals surface area contributed by atoms with Gasteiger partial charge in [-0.3, -0.25) is 4.98 Å². The van der Waals surface area contributed by atoms with Gasteiger partial charge in [0.25, 0.3) is 0 Å². The van der Waals surface area contributed by atoms with Crippen molar-refractivity contribution in [3.63, 3.8) is 0 Å². The second-order valence-electron chi connectivity index (χ2n) is 2.32. The Kier molecular flexibility index (Phi) is 2.80. The molecule has 11 heavy (non-hydrogen) atoms. The van der Waals surface area contributed by atoms with Crippen LogP contribution in [0.3, 0.4) is 0 Å². The molecule has 2 N–H and O–H groups in total. The van der Waals surface area contributed by atoms with E-state index >= 15 is 0 Å². The van der Waals surface area contributed by atoms with Crippen molar-refractivity contribution >= 4 is 5.82 Å². The van der Waals surface area contributed by atoms with Crippen LogP contribution in [0.4, 0.5) is 5.82 Å². The number of aliphatic hydroxyl groups excluding tert-OH is 1. The molecule has 4 nitrogen and oxygen atoms in total. The van der Waals surface area contributed by atoms with Crippen molar-refractivity contribution in [3.05, 3.63) is 18.6 Å². The van der Waals surface area contributed by atoms with Crippen LogP contribution in [0, 0.1) is 0 Å². The molecule has 0 unspecified atom stereocenters. The predicted octanol–water partition coefficient (Wildman–Crippen LogP) is 0.269. The standard InChI is InChI=1S/C7H11N3O/c1-6(11)4-10-7-5-8-2-3-9-7/h2-3,5-6,11H,4H2,1H3,(H,9,10)/t6-/m1/s1. The van der Waals surface area contributed by atoms with Crippen LogP contribution in [0.15, 0.2) is 18.6 Å². The van der Waals surface area contributed by atoms with Crippen LogP contribution < -0.4 is 5.32 Å². The number of hydrogen-bond acceptors (Lipinski definition) is 4. The highest BCUT2D eigenvalue weighted by Gasteiger charge is 1.94. The molecule has 1 heterocycles. The summed E-state index contributed by atoms with van der Waals surface area (Å²) >= 11 is 0. The van der Waals surface area contributed by atoms with E-state index in [-0.39, 0.29) is 6.10 Å². The van der Waals surface area contributed by atoms with Gasteiger partial charge in [0.15, 0.2) is 0 Å². The van der Waals surface area contributed by atoms with Gasteiger partial charge in [0.2, 0.25) is 0 Å². The first-order chi connectivity index (χ1) is 5.29. The lowest BCUT2D eigenvalue weighted by atomic mass is 10.4. The maximum Gasteiger partial charge on any atom is 0.144 e. The van der Waals surface area contributed by atoms with Crippen LogP contribution in [0.2, 0.25) is 0 Å². The summed E-state index contributed by atoms with van der Waals surface area (Å²) in [5.74, 6) is 0.688. The number of nitrogens with one attached hydrogen (secondary N) is 1. The second-order valence-corrected chi connectivity index (χ2v) is 2.32. The molecule has 1 atom stereocenters. The Morgan fingerprint density at radius 1 is 1.64 bits per heavy atom. The Hall–Kier alpha value is -1.16. The van der Waals surface area contributed by atoms with Gasteiger partial charge in [-0.25, -0.2) is 4.98 Å². The fraction of sp³-hybridized carbons (Fsp3) is 0.429. The average molecular weight is 153 g/mol. The third-order valence-corrected chi connectivity index (χ3v) is 1.14. The zero-order chi connectivity index (χ0) is 8.10. The Morgan fingerprint density at radius 3 is 3.00 bits per heavy atom. The van der Waals surface area contributed by atoms with E-state index in [2.05, 4.69) is 15.3 Å². The minimum atomic E-state index is -0.364. The first kappa shape index (κ1) is 7.94. The number of nitrogens with zero attached hydrogens (tertiary/aromatic N) is 2. The second kappa shape index (κ2) is 3.88. The lowest BCUT2D eigenvalue weighted by Gasteiger charge is -2.05. The summed E-state index contributed by atoms with van der Waals surface area (Å²) in [7, 11) is 0. The molecular formula is C7H11N3O. The van der Waals surface area contributed by atoms with E-state index in [0.29, 0.717) is 12.4 Å². The molecule has 0 saturated carbocycles. The van der Waals surface area contributed by atoms with Crippen molar-refractivity contribution < 1.29 is 5.11 Å².